The van der Waals surface area contributed by atoms with Gasteiger partial charge in [0.05, 0.1) is 53.4 Å². The minimum absolute atomic E-state index is 0. The number of allylic oxidation sites excluding steroid dienone is 6. The van der Waals surface area contributed by atoms with Crippen LogP contribution in [0.1, 0.15) is 182 Å². The summed E-state index contributed by atoms with van der Waals surface area (Å²) in [6, 6.07) is 0. The molecule has 0 radical (unpaired) electrons. The van der Waals surface area contributed by atoms with Gasteiger partial charge in [-0.05, 0) is 161 Å². The lowest BCUT2D eigenvalue weighted by Crippen LogP contribution is -2.56. The zero-order valence-electron chi connectivity index (χ0n) is 43.0. The summed E-state index contributed by atoms with van der Waals surface area (Å²) >= 11 is 0. The number of aliphatic hydroxyl groups excluding tert-OH is 4. The van der Waals surface area contributed by atoms with Crippen LogP contribution in [0.25, 0.3) is 0 Å². The van der Waals surface area contributed by atoms with Gasteiger partial charge in [0, 0.05) is 17.8 Å². The van der Waals surface area contributed by atoms with Crippen LogP contribution in [0.4, 0.5) is 0 Å². The lowest BCUT2D eigenvalue weighted by Gasteiger charge is -2.55. The van der Waals surface area contributed by atoms with Gasteiger partial charge in [-0.1, -0.05) is 124 Å². The van der Waals surface area contributed by atoms with Gasteiger partial charge in [-0.15, -0.1) is 0 Å². The van der Waals surface area contributed by atoms with Crippen molar-refractivity contribution in [1.82, 2.24) is 0 Å². The van der Waals surface area contributed by atoms with Crippen molar-refractivity contribution in [2.45, 2.75) is 248 Å². The minimum atomic E-state index is -1.16. The first kappa shape index (κ1) is 54.4. The van der Waals surface area contributed by atoms with Crippen LogP contribution in [0.15, 0.2) is 46.6 Å². The standard InChI is InChI=1S/C29H46O4.C28H44O5.2CH4/c1-16(26(2,3)4)23(31)25-29(7,32)24-22(33-25)15-21-19-9-8-17-14-18(30)10-12-27(17,5)20(19)11-13-28(21,24)6;1-15(25(2,3)31)22(30)24-28(6,32)23-21(33-24)14-20-18-8-7-16-13-17(29)9-11-26(16,4)19(18)10-12-27(20,23)5;;/h8-9,16,18,20-25,30-32H,10-15H2,1-7H3;7-8,15,17,19-24,29-32H,9-14H2,1-6H3;2*1H4. The molecule has 22 unspecified atom stereocenters. The molecule has 0 aromatic carbocycles. The quantitative estimate of drug-likeness (QED) is 0.142. The van der Waals surface area contributed by atoms with E-state index in [0.29, 0.717) is 23.7 Å². The van der Waals surface area contributed by atoms with Crippen molar-refractivity contribution in [2.24, 2.45) is 74.4 Å². The van der Waals surface area contributed by atoms with E-state index in [2.05, 4.69) is 79.7 Å². The number of ether oxygens (including phenoxy) is 2. The first-order valence-corrected chi connectivity index (χ1v) is 26.4. The van der Waals surface area contributed by atoms with Crippen molar-refractivity contribution in [3.05, 3.63) is 46.6 Å². The van der Waals surface area contributed by atoms with Crippen LogP contribution in [-0.2, 0) is 9.47 Å². The van der Waals surface area contributed by atoms with Gasteiger partial charge in [-0.25, -0.2) is 0 Å². The number of fused-ring (bicyclic) bond motifs is 14. The molecule has 2 aliphatic heterocycles. The third-order valence-corrected chi connectivity index (χ3v) is 22.3. The first-order chi connectivity index (χ1) is 30.4. The van der Waals surface area contributed by atoms with E-state index in [1.54, 1.807) is 19.4 Å². The zero-order valence-corrected chi connectivity index (χ0v) is 43.0. The van der Waals surface area contributed by atoms with Crippen LogP contribution < -0.4 is 0 Å². The van der Waals surface area contributed by atoms with Crippen LogP contribution in [-0.4, -0.2) is 101 Å². The van der Waals surface area contributed by atoms with Gasteiger partial charge in [0.2, 0.25) is 0 Å². The fraction of sp³-hybridized carbons (Fsp3) is 0.864. The molecule has 0 bridgehead atoms. The van der Waals surface area contributed by atoms with E-state index in [0.717, 1.165) is 77.0 Å². The Morgan fingerprint density at radius 2 is 0.926 bits per heavy atom. The molecule has 2 heterocycles. The molecule has 10 rings (SSSR count). The minimum Gasteiger partial charge on any atom is -0.393 e. The lowest BCUT2D eigenvalue weighted by atomic mass is 9.49. The van der Waals surface area contributed by atoms with Gasteiger partial charge in [0.25, 0.3) is 0 Å². The van der Waals surface area contributed by atoms with Gasteiger partial charge in [-0.2, -0.15) is 0 Å². The van der Waals surface area contributed by atoms with E-state index in [-0.39, 0.29) is 84.1 Å². The molecule has 0 aromatic heterocycles. The van der Waals surface area contributed by atoms with Crippen molar-refractivity contribution in [1.29, 1.82) is 0 Å². The summed E-state index contributed by atoms with van der Waals surface area (Å²) in [5.41, 5.74) is 2.78. The largest absolute Gasteiger partial charge is 0.393 e. The zero-order chi connectivity index (χ0) is 48.3. The molecular formula is C59H98O9. The average Bonchev–Trinajstić information content (AvgIpc) is 3.89. The van der Waals surface area contributed by atoms with E-state index in [1.165, 1.54) is 16.7 Å². The predicted octanol–water partition coefficient (Wildman–Crippen LogP) is 10.0. The summed E-state index contributed by atoms with van der Waals surface area (Å²) in [4.78, 5) is 0. The second-order valence-electron chi connectivity index (χ2n) is 27.3. The highest BCUT2D eigenvalue weighted by atomic mass is 16.5. The maximum Gasteiger partial charge on any atom is 0.113 e. The van der Waals surface area contributed by atoms with Crippen molar-refractivity contribution in [3.8, 4) is 0 Å². The molecule has 0 aromatic rings. The molecule has 8 aliphatic carbocycles. The number of rotatable bonds is 5. The fourth-order valence-electron chi connectivity index (χ4n) is 17.6. The molecule has 2 saturated heterocycles. The van der Waals surface area contributed by atoms with E-state index in [9.17, 15) is 35.7 Å². The Morgan fingerprint density at radius 3 is 1.28 bits per heavy atom. The van der Waals surface area contributed by atoms with Crippen molar-refractivity contribution in [2.75, 3.05) is 0 Å². The molecule has 68 heavy (non-hydrogen) atoms. The summed E-state index contributed by atoms with van der Waals surface area (Å²) in [6.07, 6.45) is 17.6. The lowest BCUT2D eigenvalue weighted by molar-refractivity contribution is -0.155. The molecule has 6 saturated carbocycles. The highest BCUT2D eigenvalue weighted by Gasteiger charge is 2.71. The topological polar surface area (TPSA) is 160 Å². The SMILES string of the molecule is C.C.CC(C(O)C1OC2CC3C4=CC=C5CC(O)CCC5(C)C4CCC3(C)C2C1(C)O)C(C)(C)C.CC(C(O)C1OC2CC3C4=CC=C5CC(O)CCC5(C)C4CCC3(C)C2C1(C)O)C(C)(C)O. The van der Waals surface area contributed by atoms with Gasteiger partial charge in [-0.3, -0.25) is 0 Å². The number of aliphatic hydroxyl groups is 7. The number of hydrogen-bond donors (Lipinski definition) is 7. The highest BCUT2D eigenvalue weighted by Crippen LogP contribution is 2.71. The second-order valence-corrected chi connectivity index (χ2v) is 27.3. The predicted molar refractivity (Wildman–Crippen MR) is 271 cm³/mol. The first-order valence-electron chi connectivity index (χ1n) is 26.4. The van der Waals surface area contributed by atoms with Crippen molar-refractivity contribution < 1.29 is 45.2 Å². The average molecular weight is 951 g/mol. The molecule has 9 heteroatoms. The van der Waals surface area contributed by atoms with Gasteiger partial charge in [0.1, 0.15) is 12.2 Å². The molecule has 10 aliphatic rings. The summed E-state index contributed by atoms with van der Waals surface area (Å²) < 4.78 is 13.1. The summed E-state index contributed by atoms with van der Waals surface area (Å²) in [5.74, 6) is 1.42. The normalized spacial score (nSPS) is 49.5. The van der Waals surface area contributed by atoms with E-state index in [1.807, 2.05) is 20.8 Å². The van der Waals surface area contributed by atoms with Crippen LogP contribution in [0.5, 0.6) is 0 Å². The Morgan fingerprint density at radius 1 is 0.559 bits per heavy atom. The van der Waals surface area contributed by atoms with Crippen LogP contribution >= 0.6 is 0 Å². The smallest absolute Gasteiger partial charge is 0.113 e. The summed E-state index contributed by atoms with van der Waals surface area (Å²) in [6.45, 7) is 27.0. The molecular weight excluding hydrogens is 853 g/mol. The van der Waals surface area contributed by atoms with Crippen LogP contribution in [0.2, 0.25) is 0 Å². The van der Waals surface area contributed by atoms with E-state index < -0.39 is 47.1 Å². The number of hydrogen-bond acceptors (Lipinski definition) is 9. The third-order valence-electron chi connectivity index (χ3n) is 22.3. The Balaban J connectivity index is 0.000000196. The maximum atomic E-state index is 11.9. The van der Waals surface area contributed by atoms with Crippen LogP contribution in [0.3, 0.4) is 0 Å². The van der Waals surface area contributed by atoms with E-state index in [4.69, 9.17) is 9.47 Å². The summed E-state index contributed by atoms with van der Waals surface area (Å²) in [7, 11) is 0. The monoisotopic (exact) mass is 951 g/mol. The van der Waals surface area contributed by atoms with Gasteiger partial charge >= 0.3 is 0 Å². The molecule has 22 atom stereocenters. The highest BCUT2D eigenvalue weighted by molar-refractivity contribution is 5.41. The fourth-order valence-corrected chi connectivity index (χ4v) is 17.6. The van der Waals surface area contributed by atoms with Gasteiger partial charge in [0.15, 0.2) is 0 Å². The Kier molecular flexibility index (Phi) is 14.1. The summed E-state index contributed by atoms with van der Waals surface area (Å²) in [5, 5.41) is 77.1. The Labute approximate surface area is 412 Å². The second kappa shape index (κ2) is 17.6. The molecule has 0 amide bonds. The Bertz CT molecular complexity index is 1880. The van der Waals surface area contributed by atoms with Crippen molar-refractivity contribution >= 4 is 0 Å². The maximum absolute atomic E-state index is 11.9. The molecule has 0 spiro atoms. The van der Waals surface area contributed by atoms with E-state index >= 15 is 0 Å². The molecule has 8 fully saturated rings. The molecule has 388 valence electrons. The van der Waals surface area contributed by atoms with Gasteiger partial charge < -0.3 is 45.2 Å². The Hall–Kier alpha value is -1.40. The van der Waals surface area contributed by atoms with Crippen LogP contribution in [0, 0.1) is 74.4 Å². The van der Waals surface area contributed by atoms with Crippen molar-refractivity contribution in [3.63, 3.8) is 0 Å². The third kappa shape index (κ3) is 8.01. The molecule has 7 N–H and O–H groups in total. The molecule has 9 nitrogen and oxygen atoms in total.